The summed E-state index contributed by atoms with van der Waals surface area (Å²) in [4.78, 5) is 26.3. The second kappa shape index (κ2) is 7.83. The van der Waals surface area contributed by atoms with Crippen LogP contribution in [0.5, 0.6) is 5.75 Å². The molecule has 7 heteroatoms. The molecule has 1 saturated heterocycles. The van der Waals surface area contributed by atoms with E-state index in [0.29, 0.717) is 36.0 Å². The number of furan rings is 1. The average molecular weight is 377 g/mol. The highest BCUT2D eigenvalue weighted by Crippen LogP contribution is 2.32. The topological polar surface area (TPSA) is 71.8 Å². The molecule has 6 nitrogen and oxygen atoms in total. The lowest BCUT2D eigenvalue weighted by Crippen LogP contribution is -2.34. The van der Waals surface area contributed by atoms with Crippen LogP contribution in [-0.4, -0.2) is 32.0 Å². The summed E-state index contributed by atoms with van der Waals surface area (Å²) in [5.41, 5.74) is 0.669. The molecule has 1 aliphatic heterocycles. The molecule has 2 aromatic rings. The largest absolute Gasteiger partial charge is 0.495 e. The van der Waals surface area contributed by atoms with Crippen LogP contribution in [-0.2, 0) is 16.0 Å². The number of carbonyl (C=O) groups excluding carboxylic acids is 2. The van der Waals surface area contributed by atoms with Crippen LogP contribution in [0.2, 0.25) is 5.02 Å². The van der Waals surface area contributed by atoms with Crippen LogP contribution in [0.4, 0.5) is 5.69 Å². The average Bonchev–Trinajstić information content (AvgIpc) is 3.20. The molecule has 3 rings (SSSR count). The fraction of sp³-hybridized carbons (Fsp3) is 0.368. The Bertz CT molecular complexity index is 818. The zero-order valence-corrected chi connectivity index (χ0v) is 15.5. The lowest BCUT2D eigenvalue weighted by Gasteiger charge is -2.17. The quantitative estimate of drug-likeness (QED) is 0.841. The van der Waals surface area contributed by atoms with Crippen molar-refractivity contribution < 1.29 is 18.7 Å². The van der Waals surface area contributed by atoms with Crippen LogP contribution in [0.25, 0.3) is 0 Å². The van der Waals surface area contributed by atoms with Gasteiger partial charge in [-0.05, 0) is 37.3 Å². The highest BCUT2D eigenvalue weighted by Gasteiger charge is 2.35. The molecule has 138 valence electrons. The number of amides is 2. The maximum absolute atomic E-state index is 12.4. The first-order valence-electron chi connectivity index (χ1n) is 8.45. The van der Waals surface area contributed by atoms with Gasteiger partial charge in [-0.3, -0.25) is 9.59 Å². The smallest absolute Gasteiger partial charge is 0.227 e. The molecular weight excluding hydrogens is 356 g/mol. The van der Waals surface area contributed by atoms with E-state index in [9.17, 15) is 9.59 Å². The first-order chi connectivity index (χ1) is 12.5. The third-order valence-electron chi connectivity index (χ3n) is 4.41. The van der Waals surface area contributed by atoms with E-state index in [1.54, 1.807) is 23.1 Å². The SMILES string of the molecule is COc1ccc(N2C[C@H](C(=O)NCCc3ccc(C)o3)CC2=O)cc1Cl. The number of methoxy groups -OCH3 is 1. The van der Waals surface area contributed by atoms with Crippen molar-refractivity contribution >= 4 is 29.1 Å². The number of nitrogens with one attached hydrogen (secondary N) is 1. The molecule has 0 bridgehead atoms. The van der Waals surface area contributed by atoms with Crippen LogP contribution in [0.1, 0.15) is 17.9 Å². The molecule has 1 fully saturated rings. The normalized spacial score (nSPS) is 16.8. The Morgan fingerprint density at radius 1 is 1.38 bits per heavy atom. The number of hydrogen-bond acceptors (Lipinski definition) is 4. The number of ether oxygens (including phenoxy) is 1. The first-order valence-corrected chi connectivity index (χ1v) is 8.82. The van der Waals surface area contributed by atoms with Gasteiger partial charge in [0, 0.05) is 31.6 Å². The minimum absolute atomic E-state index is 0.0898. The number of carbonyl (C=O) groups is 2. The lowest BCUT2D eigenvalue weighted by molar-refractivity contribution is -0.126. The Balaban J connectivity index is 1.56. The fourth-order valence-corrected chi connectivity index (χ4v) is 3.28. The van der Waals surface area contributed by atoms with Crippen molar-refractivity contribution in [1.82, 2.24) is 5.32 Å². The van der Waals surface area contributed by atoms with Crippen LogP contribution < -0.4 is 15.0 Å². The molecular formula is C19H21ClN2O4. The molecule has 2 amide bonds. The molecule has 1 N–H and O–H groups in total. The van der Waals surface area contributed by atoms with E-state index < -0.39 is 0 Å². The van der Waals surface area contributed by atoms with E-state index in [0.717, 1.165) is 11.5 Å². The van der Waals surface area contributed by atoms with E-state index in [2.05, 4.69) is 5.32 Å². The van der Waals surface area contributed by atoms with Crippen LogP contribution >= 0.6 is 11.6 Å². The molecule has 0 saturated carbocycles. The minimum Gasteiger partial charge on any atom is -0.495 e. The number of halogens is 1. The van der Waals surface area contributed by atoms with E-state index in [1.165, 1.54) is 7.11 Å². The summed E-state index contributed by atoms with van der Waals surface area (Å²) in [6.07, 6.45) is 0.813. The number of hydrogen-bond donors (Lipinski definition) is 1. The maximum atomic E-state index is 12.4. The molecule has 0 unspecified atom stereocenters. The highest BCUT2D eigenvalue weighted by atomic mass is 35.5. The van der Waals surface area contributed by atoms with Gasteiger partial charge in [0.2, 0.25) is 11.8 Å². The number of aryl methyl sites for hydroxylation is 1. The number of anilines is 1. The monoisotopic (exact) mass is 376 g/mol. The summed E-state index contributed by atoms with van der Waals surface area (Å²) in [5, 5.41) is 3.31. The fourth-order valence-electron chi connectivity index (χ4n) is 3.03. The molecule has 1 aromatic heterocycles. The first kappa shape index (κ1) is 18.3. The molecule has 0 aliphatic carbocycles. The molecule has 26 heavy (non-hydrogen) atoms. The standard InChI is InChI=1S/C19H21ClN2O4/c1-12-3-5-15(26-12)7-8-21-19(24)13-9-18(23)22(11-13)14-4-6-17(25-2)16(20)10-14/h3-6,10,13H,7-9,11H2,1-2H3,(H,21,24)/t13-/m1/s1. The zero-order valence-electron chi connectivity index (χ0n) is 14.8. The van der Waals surface area contributed by atoms with Crippen molar-refractivity contribution in [3.05, 3.63) is 46.9 Å². The Hall–Kier alpha value is -2.47. The molecule has 0 radical (unpaired) electrons. The van der Waals surface area contributed by atoms with Gasteiger partial charge in [0.1, 0.15) is 17.3 Å². The predicted molar refractivity (Wildman–Crippen MR) is 98.6 cm³/mol. The van der Waals surface area contributed by atoms with Gasteiger partial charge in [-0.25, -0.2) is 0 Å². The second-order valence-corrected chi connectivity index (χ2v) is 6.68. The lowest BCUT2D eigenvalue weighted by atomic mass is 10.1. The summed E-state index contributed by atoms with van der Waals surface area (Å²) in [7, 11) is 1.53. The Morgan fingerprint density at radius 2 is 2.19 bits per heavy atom. The summed E-state index contributed by atoms with van der Waals surface area (Å²) in [6, 6.07) is 8.95. The van der Waals surface area contributed by atoms with Crippen LogP contribution in [0.3, 0.4) is 0 Å². The van der Waals surface area contributed by atoms with Crippen molar-refractivity contribution in [2.45, 2.75) is 19.8 Å². The Kier molecular flexibility index (Phi) is 5.52. The van der Waals surface area contributed by atoms with E-state index >= 15 is 0 Å². The summed E-state index contributed by atoms with van der Waals surface area (Å²) >= 11 is 6.13. The second-order valence-electron chi connectivity index (χ2n) is 6.28. The zero-order chi connectivity index (χ0) is 18.7. The maximum Gasteiger partial charge on any atom is 0.227 e. The number of rotatable bonds is 6. The van der Waals surface area contributed by atoms with Crippen molar-refractivity contribution in [3.63, 3.8) is 0 Å². The molecule has 2 heterocycles. The van der Waals surface area contributed by atoms with Crippen LogP contribution in [0, 0.1) is 12.8 Å². The van der Waals surface area contributed by atoms with E-state index in [-0.39, 0.29) is 24.2 Å². The Morgan fingerprint density at radius 3 is 2.85 bits per heavy atom. The summed E-state index contributed by atoms with van der Waals surface area (Å²) in [6.45, 7) is 2.70. The van der Waals surface area contributed by atoms with Gasteiger partial charge < -0.3 is 19.4 Å². The van der Waals surface area contributed by atoms with Crippen molar-refractivity contribution in [1.29, 1.82) is 0 Å². The third-order valence-corrected chi connectivity index (χ3v) is 4.70. The molecule has 1 aromatic carbocycles. The van der Waals surface area contributed by atoms with E-state index in [1.807, 2.05) is 19.1 Å². The molecule has 1 atom stereocenters. The van der Waals surface area contributed by atoms with Gasteiger partial charge in [-0.15, -0.1) is 0 Å². The summed E-state index contributed by atoms with van der Waals surface area (Å²) < 4.78 is 10.6. The van der Waals surface area contributed by atoms with E-state index in [4.69, 9.17) is 20.8 Å². The minimum atomic E-state index is -0.373. The highest BCUT2D eigenvalue weighted by molar-refractivity contribution is 6.32. The van der Waals surface area contributed by atoms with Gasteiger partial charge >= 0.3 is 0 Å². The molecule has 0 spiro atoms. The van der Waals surface area contributed by atoms with Gasteiger partial charge in [-0.2, -0.15) is 0 Å². The number of benzene rings is 1. The number of nitrogens with zero attached hydrogens (tertiary/aromatic N) is 1. The predicted octanol–water partition coefficient (Wildman–Crippen LogP) is 2.96. The van der Waals surface area contributed by atoms with Crippen molar-refractivity contribution in [3.8, 4) is 5.75 Å². The van der Waals surface area contributed by atoms with Crippen LogP contribution in [0.15, 0.2) is 34.7 Å². The molecule has 1 aliphatic rings. The summed E-state index contributed by atoms with van der Waals surface area (Å²) in [5.74, 6) is 1.64. The van der Waals surface area contributed by atoms with Crippen molar-refractivity contribution in [2.75, 3.05) is 25.1 Å². The van der Waals surface area contributed by atoms with Gasteiger partial charge in [0.25, 0.3) is 0 Å². The van der Waals surface area contributed by atoms with Gasteiger partial charge in [0.15, 0.2) is 0 Å². The van der Waals surface area contributed by atoms with Crippen molar-refractivity contribution in [2.24, 2.45) is 5.92 Å². The Labute approximate surface area is 157 Å². The van der Waals surface area contributed by atoms with Gasteiger partial charge in [0.05, 0.1) is 18.1 Å². The third kappa shape index (κ3) is 4.02. The van der Waals surface area contributed by atoms with Gasteiger partial charge in [-0.1, -0.05) is 11.6 Å².